The van der Waals surface area contributed by atoms with E-state index in [2.05, 4.69) is 31.3 Å². The smallest absolute Gasteiger partial charge is 0.237 e. The first-order valence-corrected chi connectivity index (χ1v) is 10.5. The molecule has 1 N–H and O–H groups in total. The van der Waals surface area contributed by atoms with Crippen LogP contribution in [0.2, 0.25) is 0 Å². The van der Waals surface area contributed by atoms with Crippen molar-refractivity contribution in [2.75, 3.05) is 5.32 Å². The monoisotopic (exact) mass is 455 g/mol. The molecule has 0 saturated carbocycles. The Labute approximate surface area is 174 Å². The average molecular weight is 456 g/mol. The summed E-state index contributed by atoms with van der Waals surface area (Å²) in [4.78, 5) is 22.0. The molecule has 0 aliphatic rings. The van der Waals surface area contributed by atoms with Crippen molar-refractivity contribution in [3.05, 3.63) is 58.3 Å². The van der Waals surface area contributed by atoms with E-state index >= 15 is 0 Å². The first kappa shape index (κ1) is 18.9. The van der Waals surface area contributed by atoms with Crippen LogP contribution in [0.1, 0.15) is 18.3 Å². The number of amides is 1. The number of hydrogen-bond donors (Lipinski definition) is 1. The van der Waals surface area contributed by atoms with Crippen LogP contribution < -0.4 is 5.32 Å². The molecule has 0 bridgehead atoms. The largest absolute Gasteiger partial charge is 0.324 e. The SMILES string of the molecule is Cc1ccc(NC(=O)C(C)Sc2nc3ccccc3c3nc(C)nn23)c(Br)c1. The van der Waals surface area contributed by atoms with Gasteiger partial charge in [-0.3, -0.25) is 4.79 Å². The van der Waals surface area contributed by atoms with Gasteiger partial charge in [0.2, 0.25) is 5.91 Å². The van der Waals surface area contributed by atoms with E-state index in [4.69, 9.17) is 4.98 Å². The molecule has 8 heteroatoms. The highest BCUT2D eigenvalue weighted by Gasteiger charge is 2.20. The van der Waals surface area contributed by atoms with E-state index in [0.717, 1.165) is 32.3 Å². The first-order chi connectivity index (χ1) is 13.4. The van der Waals surface area contributed by atoms with Crippen molar-refractivity contribution < 1.29 is 4.79 Å². The van der Waals surface area contributed by atoms with Crippen LogP contribution in [-0.4, -0.2) is 30.7 Å². The van der Waals surface area contributed by atoms with Gasteiger partial charge in [-0.15, -0.1) is 5.10 Å². The number of fused-ring (bicyclic) bond motifs is 3. The molecule has 6 nitrogen and oxygen atoms in total. The molecule has 1 atom stereocenters. The maximum Gasteiger partial charge on any atom is 0.237 e. The van der Waals surface area contributed by atoms with Gasteiger partial charge in [0.15, 0.2) is 10.8 Å². The number of rotatable bonds is 4. The third-order valence-electron chi connectivity index (χ3n) is 4.29. The maximum absolute atomic E-state index is 12.7. The molecule has 0 spiro atoms. The number of carbonyl (C=O) groups is 1. The van der Waals surface area contributed by atoms with Crippen LogP contribution in [0, 0.1) is 13.8 Å². The molecule has 1 unspecified atom stereocenters. The Bertz CT molecular complexity index is 1210. The zero-order chi connectivity index (χ0) is 19.8. The number of aromatic nitrogens is 4. The van der Waals surface area contributed by atoms with Gasteiger partial charge < -0.3 is 5.32 Å². The number of aryl methyl sites for hydroxylation is 2. The fourth-order valence-electron chi connectivity index (χ4n) is 2.88. The summed E-state index contributed by atoms with van der Waals surface area (Å²) in [5.74, 6) is 0.565. The summed E-state index contributed by atoms with van der Waals surface area (Å²) in [5.41, 5.74) is 3.45. The van der Waals surface area contributed by atoms with E-state index in [1.54, 1.807) is 4.52 Å². The van der Waals surface area contributed by atoms with E-state index in [-0.39, 0.29) is 11.2 Å². The zero-order valence-electron chi connectivity index (χ0n) is 15.6. The Morgan fingerprint density at radius 2 is 1.96 bits per heavy atom. The average Bonchev–Trinajstić information content (AvgIpc) is 3.06. The topological polar surface area (TPSA) is 72.2 Å². The number of nitrogens with zero attached hydrogens (tertiary/aromatic N) is 4. The van der Waals surface area contributed by atoms with Crippen molar-refractivity contribution in [2.24, 2.45) is 0 Å². The van der Waals surface area contributed by atoms with Gasteiger partial charge in [0.05, 0.1) is 16.5 Å². The molecule has 2 aromatic heterocycles. The highest BCUT2D eigenvalue weighted by Crippen LogP contribution is 2.28. The molecule has 0 saturated heterocycles. The Morgan fingerprint density at radius 3 is 2.75 bits per heavy atom. The van der Waals surface area contributed by atoms with Gasteiger partial charge >= 0.3 is 0 Å². The minimum Gasteiger partial charge on any atom is -0.324 e. The van der Waals surface area contributed by atoms with Crippen LogP contribution >= 0.6 is 27.7 Å². The van der Waals surface area contributed by atoms with Gasteiger partial charge in [-0.2, -0.15) is 4.52 Å². The lowest BCUT2D eigenvalue weighted by molar-refractivity contribution is -0.115. The molecule has 0 aliphatic heterocycles. The van der Waals surface area contributed by atoms with Crippen molar-refractivity contribution in [3.63, 3.8) is 0 Å². The third kappa shape index (κ3) is 3.62. The number of para-hydroxylation sites is 1. The Hall–Kier alpha value is -2.45. The molecule has 0 radical (unpaired) electrons. The van der Waals surface area contributed by atoms with Crippen molar-refractivity contribution in [1.29, 1.82) is 0 Å². The van der Waals surface area contributed by atoms with Crippen LogP contribution in [-0.2, 0) is 4.79 Å². The number of nitrogens with one attached hydrogen (secondary N) is 1. The van der Waals surface area contributed by atoms with E-state index in [9.17, 15) is 4.79 Å². The van der Waals surface area contributed by atoms with Crippen molar-refractivity contribution in [1.82, 2.24) is 19.6 Å². The molecule has 1 amide bonds. The standard InChI is InChI=1S/C20H18BrN5OS/c1-11-8-9-17(15(21)10-11)23-19(27)12(2)28-20-24-16-7-5-4-6-14(16)18-22-13(3)25-26(18)20/h4-10,12H,1-3H3,(H,23,27). The van der Waals surface area contributed by atoms with Crippen molar-refractivity contribution in [3.8, 4) is 0 Å². The molecular weight excluding hydrogens is 438 g/mol. The van der Waals surface area contributed by atoms with Gasteiger partial charge in [-0.1, -0.05) is 30.0 Å². The predicted molar refractivity (Wildman–Crippen MR) is 116 cm³/mol. The van der Waals surface area contributed by atoms with Gasteiger partial charge in [0.1, 0.15) is 5.82 Å². The summed E-state index contributed by atoms with van der Waals surface area (Å²) in [6.45, 7) is 5.71. The minimum absolute atomic E-state index is 0.102. The zero-order valence-corrected chi connectivity index (χ0v) is 18.0. The van der Waals surface area contributed by atoms with Crippen LogP contribution in [0.15, 0.2) is 52.1 Å². The van der Waals surface area contributed by atoms with E-state index < -0.39 is 0 Å². The van der Waals surface area contributed by atoms with Gasteiger partial charge in [0, 0.05) is 9.86 Å². The summed E-state index contributed by atoms with van der Waals surface area (Å²) in [7, 11) is 0. The van der Waals surface area contributed by atoms with Gasteiger partial charge in [0.25, 0.3) is 0 Å². The molecule has 142 valence electrons. The number of thioether (sulfide) groups is 1. The molecule has 2 aromatic carbocycles. The summed E-state index contributed by atoms with van der Waals surface area (Å²) in [6.07, 6.45) is 0. The number of anilines is 1. The van der Waals surface area contributed by atoms with Crippen molar-refractivity contribution in [2.45, 2.75) is 31.2 Å². The minimum atomic E-state index is -0.366. The highest BCUT2D eigenvalue weighted by atomic mass is 79.9. The molecule has 4 rings (SSSR count). The molecule has 4 aromatic rings. The lowest BCUT2D eigenvalue weighted by Crippen LogP contribution is -2.23. The number of halogens is 1. The normalized spacial score (nSPS) is 12.4. The number of benzene rings is 2. The molecule has 0 aliphatic carbocycles. The van der Waals surface area contributed by atoms with Crippen LogP contribution in [0.4, 0.5) is 5.69 Å². The third-order valence-corrected chi connectivity index (χ3v) is 5.99. The second-order valence-corrected chi connectivity index (χ2v) is 8.70. The first-order valence-electron chi connectivity index (χ1n) is 8.78. The molecule has 0 fully saturated rings. The van der Waals surface area contributed by atoms with Crippen molar-refractivity contribution >= 4 is 55.8 Å². The molecular formula is C20H18BrN5OS. The van der Waals surface area contributed by atoms with E-state index in [1.165, 1.54) is 11.8 Å². The lowest BCUT2D eigenvalue weighted by Gasteiger charge is -2.14. The highest BCUT2D eigenvalue weighted by molar-refractivity contribution is 9.10. The quantitative estimate of drug-likeness (QED) is 0.354. The Balaban J connectivity index is 1.64. The number of carbonyl (C=O) groups excluding carboxylic acids is 1. The van der Waals surface area contributed by atoms with Crippen LogP contribution in [0.25, 0.3) is 16.6 Å². The lowest BCUT2D eigenvalue weighted by atomic mass is 10.2. The van der Waals surface area contributed by atoms with Crippen LogP contribution in [0.3, 0.4) is 0 Å². The summed E-state index contributed by atoms with van der Waals surface area (Å²) in [5, 5.41) is 8.65. The second-order valence-electron chi connectivity index (χ2n) is 6.54. The maximum atomic E-state index is 12.7. The summed E-state index contributed by atoms with van der Waals surface area (Å²) in [6, 6.07) is 13.6. The van der Waals surface area contributed by atoms with Gasteiger partial charge in [-0.25, -0.2) is 9.97 Å². The van der Waals surface area contributed by atoms with Crippen LogP contribution in [0.5, 0.6) is 0 Å². The Kier molecular flexibility index (Phi) is 5.07. The summed E-state index contributed by atoms with van der Waals surface area (Å²) >= 11 is 4.86. The molecule has 28 heavy (non-hydrogen) atoms. The van der Waals surface area contributed by atoms with Gasteiger partial charge in [-0.05, 0) is 66.5 Å². The fourth-order valence-corrected chi connectivity index (χ4v) is 4.33. The molecule has 2 heterocycles. The fraction of sp³-hybridized carbons (Fsp3) is 0.200. The van der Waals surface area contributed by atoms with E-state index in [1.807, 2.05) is 63.2 Å². The van der Waals surface area contributed by atoms with E-state index in [0.29, 0.717) is 11.0 Å². The number of hydrogen-bond acceptors (Lipinski definition) is 5. The second kappa shape index (κ2) is 7.52. The Morgan fingerprint density at radius 1 is 1.18 bits per heavy atom. The summed E-state index contributed by atoms with van der Waals surface area (Å²) < 4.78 is 2.57. The predicted octanol–water partition coefficient (Wildman–Crippen LogP) is 4.78.